The predicted octanol–water partition coefficient (Wildman–Crippen LogP) is 5.22. The van der Waals surface area contributed by atoms with Crippen molar-refractivity contribution < 1.29 is 19.7 Å². The van der Waals surface area contributed by atoms with Crippen LogP contribution in [0.5, 0.6) is 5.75 Å². The van der Waals surface area contributed by atoms with Crippen molar-refractivity contribution in [3.63, 3.8) is 0 Å². The molecule has 3 N–H and O–H groups in total. The lowest BCUT2D eigenvalue weighted by Gasteiger charge is -2.20. The Labute approximate surface area is 264 Å². The van der Waals surface area contributed by atoms with E-state index in [1.54, 1.807) is 54.7 Å². The van der Waals surface area contributed by atoms with Crippen molar-refractivity contribution in [3.05, 3.63) is 89.5 Å². The van der Waals surface area contributed by atoms with Crippen molar-refractivity contribution in [2.45, 2.75) is 53.2 Å². The molecule has 0 radical (unpaired) electrons. The molecule has 0 aliphatic rings. The number of carbonyl (C=O) groups is 1. The van der Waals surface area contributed by atoms with E-state index in [9.17, 15) is 15.0 Å². The molecule has 0 atom stereocenters. The Morgan fingerprint density at radius 2 is 1.89 bits per heavy atom. The Kier molecular flexibility index (Phi) is 10.6. The van der Waals surface area contributed by atoms with E-state index in [-0.39, 0.29) is 12.5 Å². The van der Waals surface area contributed by atoms with E-state index in [0.29, 0.717) is 53.7 Å². The minimum absolute atomic E-state index is 0.00224. The fraction of sp³-hybridized carbons (Fsp3) is 0.353. The van der Waals surface area contributed by atoms with Gasteiger partial charge in [-0.25, -0.2) is 9.67 Å². The number of anilines is 1. The van der Waals surface area contributed by atoms with E-state index in [2.05, 4.69) is 16.5 Å². The number of aliphatic hydroxyl groups excluding tert-OH is 1. The number of carbonyl (C=O) groups excluding carboxylic acids is 1. The number of aliphatic hydroxyl groups is 2. The van der Waals surface area contributed by atoms with Gasteiger partial charge in [-0.1, -0.05) is 32.0 Å². The predicted molar refractivity (Wildman–Crippen MR) is 176 cm³/mol. The van der Waals surface area contributed by atoms with Gasteiger partial charge < -0.3 is 25.2 Å². The van der Waals surface area contributed by atoms with Crippen LogP contribution in [0, 0.1) is 6.92 Å². The number of nitrogens with zero attached hydrogens (tertiary/aromatic N) is 6. The molecule has 238 valence electrons. The number of ether oxygens (including phenoxy) is 1. The molecule has 5 aromatic rings. The van der Waals surface area contributed by atoms with Crippen LogP contribution in [0.1, 0.15) is 61.4 Å². The summed E-state index contributed by atoms with van der Waals surface area (Å²) < 4.78 is 9.06. The molecule has 0 spiro atoms. The van der Waals surface area contributed by atoms with Gasteiger partial charge in [-0.3, -0.25) is 4.79 Å². The Morgan fingerprint density at radius 3 is 2.56 bits per heavy atom. The van der Waals surface area contributed by atoms with E-state index in [1.165, 1.54) is 7.11 Å². The molecule has 5 rings (SSSR count). The second-order valence-corrected chi connectivity index (χ2v) is 11.0. The highest BCUT2D eigenvalue weighted by atomic mass is 16.5. The monoisotopic (exact) mass is 613 g/mol. The van der Waals surface area contributed by atoms with Crippen LogP contribution in [0.3, 0.4) is 0 Å². The summed E-state index contributed by atoms with van der Waals surface area (Å²) in [6, 6.07) is 17.2. The number of rotatable bonds is 11. The minimum atomic E-state index is -1.22. The first-order valence-corrected chi connectivity index (χ1v) is 15.1. The molecule has 0 saturated carbocycles. The molecule has 0 aliphatic heterocycles. The summed E-state index contributed by atoms with van der Waals surface area (Å²) in [5.74, 6) is 0.893. The fourth-order valence-corrected chi connectivity index (χ4v) is 4.97. The van der Waals surface area contributed by atoms with Crippen molar-refractivity contribution in [1.29, 1.82) is 0 Å². The lowest BCUT2D eigenvalue weighted by Crippen LogP contribution is -2.28. The molecule has 45 heavy (non-hydrogen) atoms. The molecule has 0 saturated heterocycles. The molecule has 3 heterocycles. The largest absolute Gasteiger partial charge is 0.496 e. The molecule has 0 bridgehead atoms. The molecule has 0 aliphatic carbocycles. The highest BCUT2D eigenvalue weighted by Crippen LogP contribution is 2.34. The summed E-state index contributed by atoms with van der Waals surface area (Å²) in [4.78, 5) is 19.7. The fourth-order valence-electron chi connectivity index (χ4n) is 4.97. The summed E-state index contributed by atoms with van der Waals surface area (Å²) in [5.41, 5.74) is 4.37. The summed E-state index contributed by atoms with van der Waals surface area (Å²) in [6.45, 7) is 10.2. The third-order valence-corrected chi connectivity index (χ3v) is 7.26. The van der Waals surface area contributed by atoms with Crippen LogP contribution in [-0.4, -0.2) is 72.7 Å². The van der Waals surface area contributed by atoms with E-state index in [0.717, 1.165) is 22.4 Å². The second-order valence-electron chi connectivity index (χ2n) is 11.0. The molecular formula is C34H43N7O4. The first-order chi connectivity index (χ1) is 21.6. The van der Waals surface area contributed by atoms with Gasteiger partial charge in [0.15, 0.2) is 5.65 Å². The molecule has 11 heteroatoms. The third-order valence-electron chi connectivity index (χ3n) is 7.26. The average Bonchev–Trinajstić information content (AvgIpc) is 3.70. The third kappa shape index (κ3) is 7.33. The lowest BCUT2D eigenvalue weighted by atomic mass is 10.0. The number of nitrogens with one attached hydrogen (secondary N) is 1. The Bertz CT molecular complexity index is 1740. The van der Waals surface area contributed by atoms with Crippen LogP contribution >= 0.6 is 0 Å². The van der Waals surface area contributed by atoms with E-state index in [4.69, 9.17) is 14.8 Å². The van der Waals surface area contributed by atoms with Crippen molar-refractivity contribution in [1.82, 2.24) is 29.3 Å². The van der Waals surface area contributed by atoms with E-state index >= 15 is 0 Å². The normalized spacial score (nSPS) is 11.2. The smallest absolute Gasteiger partial charge is 0.257 e. The SMILES string of the molecule is CC.COc1ccc(-c2c(C)nn3c(NCc4cccc(-n5cccn5)c4)cc(C(C)(C)O)nc23)cc1C(=O)N(C)CCCO. The zero-order valence-corrected chi connectivity index (χ0v) is 27.1. The van der Waals surface area contributed by atoms with Gasteiger partial charge in [-0.15, -0.1) is 0 Å². The number of benzene rings is 2. The lowest BCUT2D eigenvalue weighted by molar-refractivity contribution is 0.0739. The van der Waals surface area contributed by atoms with Gasteiger partial charge in [0.25, 0.3) is 5.91 Å². The zero-order chi connectivity index (χ0) is 32.7. The molecule has 0 unspecified atom stereocenters. The van der Waals surface area contributed by atoms with E-state index < -0.39 is 5.60 Å². The van der Waals surface area contributed by atoms with Crippen LogP contribution in [-0.2, 0) is 12.1 Å². The number of methoxy groups -OCH3 is 1. The molecular weight excluding hydrogens is 570 g/mol. The molecule has 0 fully saturated rings. The molecule has 1 amide bonds. The quantitative estimate of drug-likeness (QED) is 0.185. The topological polar surface area (TPSA) is 130 Å². The number of aryl methyl sites for hydroxylation is 1. The first-order valence-electron chi connectivity index (χ1n) is 15.1. The van der Waals surface area contributed by atoms with Gasteiger partial charge in [-0.2, -0.15) is 14.7 Å². The van der Waals surface area contributed by atoms with Crippen LogP contribution in [0.15, 0.2) is 67.0 Å². The Hall–Kier alpha value is -4.74. The average molecular weight is 614 g/mol. The standard InChI is InChI=1S/C32H37N7O4.C2H6/c1-21-29(23-11-12-26(43-5)25(18-23)31(41)37(4)14-8-16-40)30-35-27(32(2,3)42)19-28(39(30)36-21)33-20-22-9-6-10-24(17-22)38-15-7-13-34-38;1-2/h6-7,9-13,15,17-19,33,40,42H,8,14,16,20H2,1-5H3;1-2H3. The van der Waals surface area contributed by atoms with Gasteiger partial charge in [0.2, 0.25) is 0 Å². The van der Waals surface area contributed by atoms with Crippen LogP contribution < -0.4 is 10.1 Å². The summed E-state index contributed by atoms with van der Waals surface area (Å²) in [7, 11) is 3.23. The van der Waals surface area contributed by atoms with Crippen molar-refractivity contribution in [3.8, 4) is 22.6 Å². The maximum Gasteiger partial charge on any atom is 0.257 e. The zero-order valence-electron chi connectivity index (χ0n) is 27.1. The van der Waals surface area contributed by atoms with Crippen molar-refractivity contribution in [2.75, 3.05) is 32.6 Å². The van der Waals surface area contributed by atoms with Gasteiger partial charge in [0, 0.05) is 50.8 Å². The number of hydrogen-bond acceptors (Lipinski definition) is 8. The minimum Gasteiger partial charge on any atom is -0.496 e. The van der Waals surface area contributed by atoms with Crippen molar-refractivity contribution >= 4 is 17.4 Å². The Morgan fingerprint density at radius 1 is 1.11 bits per heavy atom. The van der Waals surface area contributed by atoms with Crippen LogP contribution in [0.2, 0.25) is 0 Å². The van der Waals surface area contributed by atoms with Gasteiger partial charge in [-0.05, 0) is 68.7 Å². The van der Waals surface area contributed by atoms with Gasteiger partial charge >= 0.3 is 0 Å². The highest BCUT2D eigenvalue weighted by Gasteiger charge is 2.25. The Balaban J connectivity index is 0.00000226. The van der Waals surface area contributed by atoms with E-state index in [1.807, 2.05) is 62.0 Å². The van der Waals surface area contributed by atoms with Gasteiger partial charge in [0.05, 0.1) is 29.7 Å². The second kappa shape index (κ2) is 14.4. The van der Waals surface area contributed by atoms with Gasteiger partial charge in [0.1, 0.15) is 17.2 Å². The van der Waals surface area contributed by atoms with Crippen LogP contribution in [0.4, 0.5) is 5.82 Å². The maximum absolute atomic E-state index is 13.3. The summed E-state index contributed by atoms with van der Waals surface area (Å²) >= 11 is 0. The van der Waals surface area contributed by atoms with Crippen molar-refractivity contribution in [2.24, 2.45) is 0 Å². The number of hydrogen-bond donors (Lipinski definition) is 3. The number of aromatic nitrogens is 5. The molecule has 2 aromatic carbocycles. The summed E-state index contributed by atoms with van der Waals surface area (Å²) in [5, 5.41) is 32.8. The summed E-state index contributed by atoms with van der Waals surface area (Å²) in [6.07, 6.45) is 4.12. The maximum atomic E-state index is 13.3. The first kappa shape index (κ1) is 33.2. The van der Waals surface area contributed by atoms with Crippen LogP contribution in [0.25, 0.3) is 22.5 Å². The molecule has 11 nitrogen and oxygen atoms in total. The highest BCUT2D eigenvalue weighted by molar-refractivity contribution is 5.99. The number of amides is 1. The number of fused-ring (bicyclic) bond motifs is 1. The molecule has 3 aromatic heterocycles.